The Bertz CT molecular complexity index is 267. The summed E-state index contributed by atoms with van der Waals surface area (Å²) >= 11 is 0. The fourth-order valence-corrected chi connectivity index (χ4v) is 1.93. The second-order valence-corrected chi connectivity index (χ2v) is 4.23. The van der Waals surface area contributed by atoms with Crippen LogP contribution in [0.4, 0.5) is 0 Å². The standard InChI is InChI=1S/C11H19NO4/c1-2-3-4-5-6-12-7-8(11(15)16)9(13)10(12)14/h8-9,13H,2-7H2,1H3,(H,15,16)/t8-,9+/m1/s1. The Morgan fingerprint density at radius 3 is 2.62 bits per heavy atom. The van der Waals surface area contributed by atoms with E-state index in [9.17, 15) is 14.7 Å². The number of hydrogen-bond donors (Lipinski definition) is 2. The molecule has 1 fully saturated rings. The van der Waals surface area contributed by atoms with Crippen LogP contribution in [0.3, 0.4) is 0 Å². The minimum Gasteiger partial charge on any atom is -0.481 e. The zero-order valence-electron chi connectivity index (χ0n) is 9.56. The molecule has 5 nitrogen and oxygen atoms in total. The smallest absolute Gasteiger partial charge is 0.311 e. The average Bonchev–Trinajstić information content (AvgIpc) is 2.52. The molecule has 16 heavy (non-hydrogen) atoms. The van der Waals surface area contributed by atoms with Crippen LogP contribution in [-0.4, -0.2) is 46.2 Å². The summed E-state index contributed by atoms with van der Waals surface area (Å²) in [5, 5.41) is 18.2. The molecule has 0 aromatic heterocycles. The maximum absolute atomic E-state index is 11.5. The van der Waals surface area contributed by atoms with Crippen molar-refractivity contribution in [3.8, 4) is 0 Å². The van der Waals surface area contributed by atoms with Crippen molar-refractivity contribution >= 4 is 11.9 Å². The molecule has 1 amide bonds. The molecule has 92 valence electrons. The van der Waals surface area contributed by atoms with Gasteiger partial charge in [-0.15, -0.1) is 0 Å². The quantitative estimate of drug-likeness (QED) is 0.649. The number of aliphatic hydroxyl groups is 1. The molecule has 0 aromatic rings. The van der Waals surface area contributed by atoms with Crippen LogP contribution in [0.2, 0.25) is 0 Å². The van der Waals surface area contributed by atoms with E-state index in [0.717, 1.165) is 25.7 Å². The number of hydrogen-bond acceptors (Lipinski definition) is 3. The van der Waals surface area contributed by atoms with Gasteiger partial charge in [0.25, 0.3) is 5.91 Å². The van der Waals surface area contributed by atoms with E-state index in [1.165, 1.54) is 4.90 Å². The fraction of sp³-hybridized carbons (Fsp3) is 0.818. The van der Waals surface area contributed by atoms with Crippen LogP contribution < -0.4 is 0 Å². The molecule has 1 aliphatic rings. The molecule has 0 bridgehead atoms. The first kappa shape index (κ1) is 13.0. The van der Waals surface area contributed by atoms with Crippen LogP contribution in [0.25, 0.3) is 0 Å². The number of likely N-dealkylation sites (tertiary alicyclic amines) is 1. The highest BCUT2D eigenvalue weighted by molar-refractivity contribution is 5.90. The number of carboxylic acids is 1. The van der Waals surface area contributed by atoms with Gasteiger partial charge in [-0.05, 0) is 6.42 Å². The van der Waals surface area contributed by atoms with Gasteiger partial charge in [-0.25, -0.2) is 0 Å². The molecule has 0 aromatic carbocycles. The van der Waals surface area contributed by atoms with Crippen molar-refractivity contribution in [2.24, 2.45) is 5.92 Å². The second-order valence-electron chi connectivity index (χ2n) is 4.23. The predicted molar refractivity (Wildman–Crippen MR) is 57.9 cm³/mol. The number of amides is 1. The van der Waals surface area contributed by atoms with Gasteiger partial charge in [0.15, 0.2) is 0 Å². The molecule has 1 aliphatic heterocycles. The topological polar surface area (TPSA) is 77.8 Å². The van der Waals surface area contributed by atoms with Crippen LogP contribution >= 0.6 is 0 Å². The van der Waals surface area contributed by atoms with Crippen LogP contribution in [0.15, 0.2) is 0 Å². The van der Waals surface area contributed by atoms with Crippen LogP contribution in [0.1, 0.15) is 32.6 Å². The van der Waals surface area contributed by atoms with Gasteiger partial charge in [0.1, 0.15) is 12.0 Å². The van der Waals surface area contributed by atoms with E-state index in [4.69, 9.17) is 5.11 Å². The second kappa shape index (κ2) is 5.84. The summed E-state index contributed by atoms with van der Waals surface area (Å²) in [6.07, 6.45) is 2.79. The minimum atomic E-state index is -1.36. The van der Waals surface area contributed by atoms with E-state index in [2.05, 4.69) is 6.92 Å². The molecule has 5 heteroatoms. The number of carbonyl (C=O) groups excluding carboxylic acids is 1. The van der Waals surface area contributed by atoms with E-state index in [1.807, 2.05) is 0 Å². The summed E-state index contributed by atoms with van der Waals surface area (Å²) < 4.78 is 0. The number of carbonyl (C=O) groups is 2. The Balaban J connectivity index is 2.39. The molecule has 0 unspecified atom stereocenters. The molecular weight excluding hydrogens is 210 g/mol. The highest BCUT2D eigenvalue weighted by Crippen LogP contribution is 2.19. The lowest BCUT2D eigenvalue weighted by atomic mass is 10.1. The largest absolute Gasteiger partial charge is 0.481 e. The molecule has 1 saturated heterocycles. The highest BCUT2D eigenvalue weighted by Gasteiger charge is 2.42. The van der Waals surface area contributed by atoms with Gasteiger partial charge in [-0.3, -0.25) is 9.59 Å². The Morgan fingerprint density at radius 1 is 1.44 bits per heavy atom. The van der Waals surface area contributed by atoms with Crippen molar-refractivity contribution in [3.05, 3.63) is 0 Å². The summed E-state index contributed by atoms with van der Waals surface area (Å²) in [6.45, 7) is 2.80. The summed E-state index contributed by atoms with van der Waals surface area (Å²) in [4.78, 5) is 23.7. The molecule has 0 spiro atoms. The lowest BCUT2D eigenvalue weighted by molar-refractivity contribution is -0.146. The van der Waals surface area contributed by atoms with Gasteiger partial charge >= 0.3 is 5.97 Å². The number of aliphatic hydroxyl groups excluding tert-OH is 1. The van der Waals surface area contributed by atoms with Gasteiger partial charge in [0, 0.05) is 13.1 Å². The lowest BCUT2D eigenvalue weighted by Gasteiger charge is -2.15. The molecule has 2 atom stereocenters. The molecule has 0 radical (unpaired) electrons. The summed E-state index contributed by atoms with van der Waals surface area (Å²) in [7, 11) is 0. The first-order valence-corrected chi connectivity index (χ1v) is 5.77. The zero-order chi connectivity index (χ0) is 12.1. The van der Waals surface area contributed by atoms with Gasteiger partial charge in [-0.1, -0.05) is 26.2 Å². The Kier molecular flexibility index (Phi) is 4.73. The van der Waals surface area contributed by atoms with Crippen LogP contribution in [-0.2, 0) is 9.59 Å². The molecule has 0 saturated carbocycles. The minimum absolute atomic E-state index is 0.140. The van der Waals surface area contributed by atoms with Crippen molar-refractivity contribution in [1.82, 2.24) is 4.90 Å². The van der Waals surface area contributed by atoms with Crippen molar-refractivity contribution in [2.45, 2.75) is 38.7 Å². The van der Waals surface area contributed by atoms with Crippen molar-refractivity contribution in [3.63, 3.8) is 0 Å². The third kappa shape index (κ3) is 2.95. The SMILES string of the molecule is CCCCCCN1C[C@@H](C(=O)O)[C@H](O)C1=O. The summed E-state index contributed by atoms with van der Waals surface area (Å²) in [5.74, 6) is -2.50. The highest BCUT2D eigenvalue weighted by atomic mass is 16.4. The summed E-state index contributed by atoms with van der Waals surface area (Å²) in [5.41, 5.74) is 0. The van der Waals surface area contributed by atoms with E-state index >= 15 is 0 Å². The van der Waals surface area contributed by atoms with E-state index in [1.54, 1.807) is 0 Å². The van der Waals surface area contributed by atoms with Crippen LogP contribution in [0, 0.1) is 5.92 Å². The van der Waals surface area contributed by atoms with E-state index < -0.39 is 23.9 Å². The third-order valence-electron chi connectivity index (χ3n) is 2.96. The van der Waals surface area contributed by atoms with Crippen molar-refractivity contribution in [1.29, 1.82) is 0 Å². The first-order chi connectivity index (χ1) is 7.57. The van der Waals surface area contributed by atoms with Crippen molar-refractivity contribution < 1.29 is 19.8 Å². The first-order valence-electron chi connectivity index (χ1n) is 5.77. The van der Waals surface area contributed by atoms with Crippen LogP contribution in [0.5, 0.6) is 0 Å². The van der Waals surface area contributed by atoms with Gasteiger partial charge < -0.3 is 15.1 Å². The Labute approximate surface area is 95.1 Å². The number of unbranched alkanes of at least 4 members (excludes halogenated alkanes) is 3. The number of aliphatic carboxylic acids is 1. The van der Waals surface area contributed by atoms with Gasteiger partial charge in [-0.2, -0.15) is 0 Å². The Morgan fingerprint density at radius 2 is 2.12 bits per heavy atom. The fourth-order valence-electron chi connectivity index (χ4n) is 1.93. The maximum Gasteiger partial charge on any atom is 0.311 e. The molecule has 1 heterocycles. The molecule has 2 N–H and O–H groups in total. The average molecular weight is 229 g/mol. The van der Waals surface area contributed by atoms with E-state index in [0.29, 0.717) is 6.54 Å². The van der Waals surface area contributed by atoms with Gasteiger partial charge in [0.2, 0.25) is 0 Å². The predicted octanol–water partition coefficient (Wildman–Crippen LogP) is 0.471. The lowest BCUT2D eigenvalue weighted by Crippen LogP contribution is -2.31. The van der Waals surface area contributed by atoms with E-state index in [-0.39, 0.29) is 6.54 Å². The third-order valence-corrected chi connectivity index (χ3v) is 2.96. The van der Waals surface area contributed by atoms with Crippen molar-refractivity contribution in [2.75, 3.05) is 13.1 Å². The molecular formula is C11H19NO4. The zero-order valence-corrected chi connectivity index (χ0v) is 9.56. The number of rotatable bonds is 6. The molecule has 0 aliphatic carbocycles. The van der Waals surface area contributed by atoms with Gasteiger partial charge in [0.05, 0.1) is 0 Å². The summed E-state index contributed by atoms with van der Waals surface area (Å²) in [6, 6.07) is 0. The number of nitrogens with zero attached hydrogens (tertiary/aromatic N) is 1. The molecule has 1 rings (SSSR count). The normalized spacial score (nSPS) is 25.1. The number of carboxylic acid groups (broad SMARTS) is 1. The Hall–Kier alpha value is -1.10. The maximum atomic E-state index is 11.5. The monoisotopic (exact) mass is 229 g/mol.